The van der Waals surface area contributed by atoms with E-state index in [0.29, 0.717) is 42.1 Å². The van der Waals surface area contributed by atoms with Crippen LogP contribution in [0.2, 0.25) is 0 Å². The number of amides is 1. The van der Waals surface area contributed by atoms with Gasteiger partial charge < -0.3 is 9.30 Å². The van der Waals surface area contributed by atoms with E-state index >= 15 is 0 Å². The van der Waals surface area contributed by atoms with Gasteiger partial charge in [0.15, 0.2) is 4.80 Å². The summed E-state index contributed by atoms with van der Waals surface area (Å²) in [5, 5.41) is 0. The summed E-state index contributed by atoms with van der Waals surface area (Å²) in [7, 11) is -3.82. The number of nitrogens with zero attached hydrogens (tertiary/aromatic N) is 3. The fraction of sp³-hybridized carbons (Fsp3) is 0.391. The molecule has 0 bridgehead atoms. The third-order valence-electron chi connectivity index (χ3n) is 5.63. The average molecular weight is 492 g/mol. The van der Waals surface area contributed by atoms with Gasteiger partial charge in [-0.25, -0.2) is 12.8 Å². The van der Waals surface area contributed by atoms with Gasteiger partial charge in [-0.1, -0.05) is 29.0 Å². The lowest BCUT2D eigenvalue weighted by molar-refractivity contribution is -0.121. The molecule has 0 radical (unpaired) electrons. The van der Waals surface area contributed by atoms with Crippen molar-refractivity contribution in [3.05, 3.63) is 58.6 Å². The van der Waals surface area contributed by atoms with Crippen LogP contribution in [0.15, 0.2) is 52.4 Å². The Morgan fingerprint density at radius 2 is 2.00 bits per heavy atom. The molecule has 1 aliphatic rings. The van der Waals surface area contributed by atoms with E-state index in [1.807, 2.05) is 18.4 Å². The van der Waals surface area contributed by atoms with Crippen LogP contribution in [0, 0.1) is 12.7 Å². The van der Waals surface area contributed by atoms with Gasteiger partial charge in [0, 0.05) is 19.7 Å². The van der Waals surface area contributed by atoms with E-state index in [1.165, 1.54) is 27.8 Å². The van der Waals surface area contributed by atoms with E-state index in [-0.39, 0.29) is 17.3 Å². The van der Waals surface area contributed by atoms with E-state index in [9.17, 15) is 17.6 Å². The second kappa shape index (κ2) is 9.84. The SMILES string of the molecule is CCOCCn1c(=NC(=O)C2CCCN2S(=O)(=O)c2ccc(C)cc2)sc2cc(F)ccc21. The Morgan fingerprint density at radius 1 is 1.24 bits per heavy atom. The number of hydrogen-bond donors (Lipinski definition) is 0. The molecule has 3 aromatic rings. The number of carbonyl (C=O) groups is 1. The molecule has 1 aromatic heterocycles. The van der Waals surface area contributed by atoms with Crippen LogP contribution in [0.4, 0.5) is 4.39 Å². The molecule has 176 valence electrons. The fourth-order valence-electron chi connectivity index (χ4n) is 3.94. The summed E-state index contributed by atoms with van der Waals surface area (Å²) in [4.78, 5) is 18.1. The quantitative estimate of drug-likeness (QED) is 0.474. The number of hydrogen-bond acceptors (Lipinski definition) is 5. The van der Waals surface area contributed by atoms with Crippen LogP contribution in [-0.2, 0) is 26.1 Å². The molecule has 1 amide bonds. The Kier molecular flexibility index (Phi) is 7.08. The zero-order valence-corrected chi connectivity index (χ0v) is 20.2. The van der Waals surface area contributed by atoms with Crippen molar-refractivity contribution in [2.75, 3.05) is 19.8 Å². The first-order valence-corrected chi connectivity index (χ1v) is 13.1. The highest BCUT2D eigenvalue weighted by Crippen LogP contribution is 2.27. The van der Waals surface area contributed by atoms with E-state index in [2.05, 4.69) is 4.99 Å². The predicted octanol–water partition coefficient (Wildman–Crippen LogP) is 3.47. The van der Waals surface area contributed by atoms with Crippen LogP contribution in [-0.4, -0.2) is 49.0 Å². The number of rotatable bonds is 7. The maximum absolute atomic E-state index is 13.8. The van der Waals surface area contributed by atoms with E-state index in [0.717, 1.165) is 11.1 Å². The molecule has 4 rings (SSSR count). The molecule has 1 saturated heterocycles. The molecular formula is C23H26FN3O4S2. The van der Waals surface area contributed by atoms with Crippen LogP contribution in [0.3, 0.4) is 0 Å². The van der Waals surface area contributed by atoms with Crippen LogP contribution < -0.4 is 4.80 Å². The Bertz CT molecular complexity index is 1330. The maximum Gasteiger partial charge on any atom is 0.266 e. The zero-order chi connectivity index (χ0) is 23.6. The largest absolute Gasteiger partial charge is 0.380 e. The van der Waals surface area contributed by atoms with Gasteiger partial charge in [-0.2, -0.15) is 9.30 Å². The number of halogens is 1. The average Bonchev–Trinajstić information content (AvgIpc) is 3.40. The van der Waals surface area contributed by atoms with Crippen molar-refractivity contribution in [2.45, 2.75) is 44.2 Å². The van der Waals surface area contributed by atoms with E-state index in [4.69, 9.17) is 4.74 Å². The molecule has 10 heteroatoms. The minimum Gasteiger partial charge on any atom is -0.380 e. The molecule has 1 unspecified atom stereocenters. The number of aryl methyl sites for hydroxylation is 1. The van der Waals surface area contributed by atoms with Crippen LogP contribution in [0.5, 0.6) is 0 Å². The van der Waals surface area contributed by atoms with Crippen molar-refractivity contribution in [3.63, 3.8) is 0 Å². The van der Waals surface area contributed by atoms with Crippen LogP contribution >= 0.6 is 11.3 Å². The number of benzene rings is 2. The Hall–Kier alpha value is -2.40. The minimum atomic E-state index is -3.82. The van der Waals surface area contributed by atoms with Gasteiger partial charge in [0.2, 0.25) is 10.0 Å². The second-order valence-corrected chi connectivity index (χ2v) is 10.8. The maximum atomic E-state index is 13.8. The molecule has 0 N–H and O–H groups in total. The lowest BCUT2D eigenvalue weighted by atomic mass is 10.2. The highest BCUT2D eigenvalue weighted by molar-refractivity contribution is 7.89. The van der Waals surface area contributed by atoms with Crippen molar-refractivity contribution < 1.29 is 22.3 Å². The summed E-state index contributed by atoms with van der Waals surface area (Å²) in [5.74, 6) is -0.884. The second-order valence-electron chi connectivity index (χ2n) is 7.88. The molecule has 1 aliphatic heterocycles. The number of thiazole rings is 1. The molecule has 0 saturated carbocycles. The van der Waals surface area contributed by atoms with Gasteiger partial charge in [-0.15, -0.1) is 0 Å². The van der Waals surface area contributed by atoms with Gasteiger partial charge in [0.05, 0.1) is 21.7 Å². The Balaban J connectivity index is 1.69. The first kappa shape index (κ1) is 23.7. The lowest BCUT2D eigenvalue weighted by Crippen LogP contribution is -2.40. The first-order chi connectivity index (χ1) is 15.8. The minimum absolute atomic E-state index is 0.164. The van der Waals surface area contributed by atoms with Crippen molar-refractivity contribution in [3.8, 4) is 0 Å². The number of fused-ring (bicyclic) bond motifs is 1. The third-order valence-corrected chi connectivity index (χ3v) is 8.59. The standard InChI is InChI=1S/C23H26FN3O4S2/c1-3-31-14-13-26-19-11-8-17(24)15-21(19)32-23(26)25-22(28)20-5-4-12-27(20)33(29,30)18-9-6-16(2)7-10-18/h6-11,15,20H,3-5,12-14H2,1-2H3. The van der Waals surface area contributed by atoms with Crippen molar-refractivity contribution in [1.29, 1.82) is 0 Å². The van der Waals surface area contributed by atoms with Gasteiger partial charge in [0.25, 0.3) is 5.91 Å². The summed E-state index contributed by atoms with van der Waals surface area (Å²) < 4.78 is 49.4. The summed E-state index contributed by atoms with van der Waals surface area (Å²) in [6, 6.07) is 10.2. The highest BCUT2D eigenvalue weighted by atomic mass is 32.2. The molecule has 2 heterocycles. The molecule has 2 aromatic carbocycles. The molecule has 1 fully saturated rings. The number of aromatic nitrogens is 1. The Labute approximate surface area is 196 Å². The smallest absolute Gasteiger partial charge is 0.266 e. The highest BCUT2D eigenvalue weighted by Gasteiger charge is 2.39. The van der Waals surface area contributed by atoms with Crippen LogP contribution in [0.25, 0.3) is 10.2 Å². The lowest BCUT2D eigenvalue weighted by Gasteiger charge is -2.21. The first-order valence-electron chi connectivity index (χ1n) is 10.8. The zero-order valence-electron chi connectivity index (χ0n) is 18.5. The van der Waals surface area contributed by atoms with E-state index < -0.39 is 22.0 Å². The molecule has 1 atom stereocenters. The number of ether oxygens (including phenoxy) is 1. The van der Waals surface area contributed by atoms with Gasteiger partial charge in [-0.3, -0.25) is 4.79 Å². The monoisotopic (exact) mass is 491 g/mol. The summed E-state index contributed by atoms with van der Waals surface area (Å²) in [5.41, 5.74) is 1.71. The molecule has 7 nitrogen and oxygen atoms in total. The third kappa shape index (κ3) is 4.93. The number of carbonyl (C=O) groups excluding carboxylic acids is 1. The summed E-state index contributed by atoms with van der Waals surface area (Å²) >= 11 is 1.20. The van der Waals surface area contributed by atoms with Crippen molar-refractivity contribution in [1.82, 2.24) is 8.87 Å². The molecule has 0 aliphatic carbocycles. The topological polar surface area (TPSA) is 81.0 Å². The van der Waals surface area contributed by atoms with Gasteiger partial charge in [0.1, 0.15) is 11.9 Å². The summed E-state index contributed by atoms with van der Waals surface area (Å²) in [6.45, 7) is 5.46. The van der Waals surface area contributed by atoms with Crippen molar-refractivity contribution in [2.24, 2.45) is 4.99 Å². The van der Waals surface area contributed by atoms with Crippen LogP contribution in [0.1, 0.15) is 25.3 Å². The van der Waals surface area contributed by atoms with Crippen molar-refractivity contribution >= 4 is 37.5 Å². The molecular weight excluding hydrogens is 465 g/mol. The number of sulfonamides is 1. The Morgan fingerprint density at radius 3 is 2.73 bits per heavy atom. The summed E-state index contributed by atoms with van der Waals surface area (Å²) in [6.07, 6.45) is 0.991. The normalized spacial score (nSPS) is 17.8. The van der Waals surface area contributed by atoms with E-state index in [1.54, 1.807) is 30.3 Å². The fourth-order valence-corrected chi connectivity index (χ4v) is 6.68. The molecule has 33 heavy (non-hydrogen) atoms. The van der Waals surface area contributed by atoms with Gasteiger partial charge in [-0.05, 0) is 57.0 Å². The predicted molar refractivity (Wildman–Crippen MR) is 125 cm³/mol. The molecule has 0 spiro atoms. The van der Waals surface area contributed by atoms with Gasteiger partial charge >= 0.3 is 0 Å².